The van der Waals surface area contributed by atoms with Crippen LogP contribution in [0.25, 0.3) is 10.6 Å². The van der Waals surface area contributed by atoms with E-state index in [0.29, 0.717) is 19.7 Å². The van der Waals surface area contributed by atoms with Gasteiger partial charge in [-0.3, -0.25) is 14.3 Å². The fraction of sp³-hybridized carbons (Fsp3) is 0.269. The minimum Gasteiger partial charge on any atom is -0.383 e. The van der Waals surface area contributed by atoms with Crippen LogP contribution in [0.5, 0.6) is 0 Å². The van der Waals surface area contributed by atoms with Crippen molar-refractivity contribution in [3.8, 4) is 10.6 Å². The highest BCUT2D eigenvalue weighted by Crippen LogP contribution is 2.27. The Hall–Kier alpha value is -3.69. The maximum absolute atomic E-state index is 13.0. The van der Waals surface area contributed by atoms with Crippen LogP contribution in [0.15, 0.2) is 69.6 Å². The number of ether oxygens (including phenoxy) is 1. The second-order valence-electron chi connectivity index (χ2n) is 8.17. The van der Waals surface area contributed by atoms with Crippen molar-refractivity contribution in [2.24, 2.45) is 0 Å². The molecule has 2 aromatic carbocycles. The van der Waals surface area contributed by atoms with Gasteiger partial charge in [-0.25, -0.2) is 9.78 Å². The fourth-order valence-corrected chi connectivity index (χ4v) is 4.71. The molecular formula is C26H29N5O3S. The van der Waals surface area contributed by atoms with Crippen LogP contribution < -0.4 is 21.9 Å². The lowest BCUT2D eigenvalue weighted by atomic mass is 10.1. The summed E-state index contributed by atoms with van der Waals surface area (Å²) < 4.78 is 6.44. The molecule has 0 saturated carbocycles. The molecule has 8 nitrogen and oxygen atoms in total. The second-order valence-corrected chi connectivity index (χ2v) is 9.03. The molecule has 3 N–H and O–H groups in total. The standard InChI is InChI=1S/C26H29N5O3S/c1-3-18-9-11-20(12-10-18)25-28-21(17-35-25)16-30(15-19-7-5-4-6-8-19)22-23(27)31(13-14-34-2)26(33)29-24(22)32/h4-12,17H,3,13-16,27H2,1-2H3,(H,29,32,33). The number of methoxy groups -OCH3 is 1. The van der Waals surface area contributed by atoms with Gasteiger partial charge in [0.1, 0.15) is 16.5 Å². The molecule has 0 aliphatic rings. The summed E-state index contributed by atoms with van der Waals surface area (Å²) in [6.07, 6.45) is 0.986. The number of nitrogens with one attached hydrogen (secondary N) is 1. The number of aromatic nitrogens is 3. The van der Waals surface area contributed by atoms with Crippen LogP contribution >= 0.6 is 11.3 Å². The number of nitrogens with two attached hydrogens (primary N) is 1. The van der Waals surface area contributed by atoms with Crippen LogP contribution in [0.3, 0.4) is 0 Å². The van der Waals surface area contributed by atoms with Crippen LogP contribution in [0, 0.1) is 0 Å². The lowest BCUT2D eigenvalue weighted by molar-refractivity contribution is 0.186. The van der Waals surface area contributed by atoms with Gasteiger partial charge in [0.2, 0.25) is 0 Å². The second kappa shape index (κ2) is 11.2. The number of rotatable bonds is 10. The Morgan fingerprint density at radius 2 is 1.80 bits per heavy atom. The maximum Gasteiger partial charge on any atom is 0.330 e. The lowest BCUT2D eigenvalue weighted by Gasteiger charge is -2.25. The first kappa shape index (κ1) is 24.4. The summed E-state index contributed by atoms with van der Waals surface area (Å²) in [7, 11) is 1.55. The Morgan fingerprint density at radius 1 is 1.06 bits per heavy atom. The van der Waals surface area contributed by atoms with Crippen molar-refractivity contribution in [3.05, 3.63) is 97.6 Å². The quantitative estimate of drug-likeness (QED) is 0.351. The highest BCUT2D eigenvalue weighted by molar-refractivity contribution is 7.13. The van der Waals surface area contributed by atoms with E-state index in [1.165, 1.54) is 10.1 Å². The van der Waals surface area contributed by atoms with E-state index in [4.69, 9.17) is 15.5 Å². The normalized spacial score (nSPS) is 11.0. The van der Waals surface area contributed by atoms with Crippen molar-refractivity contribution in [1.29, 1.82) is 0 Å². The number of benzene rings is 2. The van der Waals surface area contributed by atoms with E-state index in [1.807, 2.05) is 40.6 Å². The zero-order chi connectivity index (χ0) is 24.8. The molecule has 0 aliphatic carbocycles. The molecule has 0 spiro atoms. The van der Waals surface area contributed by atoms with E-state index in [-0.39, 0.29) is 18.1 Å². The summed E-state index contributed by atoms with van der Waals surface area (Å²) >= 11 is 1.56. The molecule has 35 heavy (non-hydrogen) atoms. The first-order valence-corrected chi connectivity index (χ1v) is 12.3. The van der Waals surface area contributed by atoms with Crippen LogP contribution in [-0.2, 0) is 30.8 Å². The molecule has 182 valence electrons. The number of hydrogen-bond acceptors (Lipinski definition) is 7. The number of thiazole rings is 1. The van der Waals surface area contributed by atoms with Gasteiger partial charge in [-0.15, -0.1) is 11.3 Å². The average molecular weight is 492 g/mol. The Morgan fingerprint density at radius 3 is 2.49 bits per heavy atom. The average Bonchev–Trinajstić information content (AvgIpc) is 3.33. The maximum atomic E-state index is 13.0. The van der Waals surface area contributed by atoms with Crippen LogP contribution in [0.1, 0.15) is 23.7 Å². The summed E-state index contributed by atoms with van der Waals surface area (Å²) in [4.78, 5) is 34.5. The van der Waals surface area contributed by atoms with E-state index in [1.54, 1.807) is 18.4 Å². The van der Waals surface area contributed by atoms with Crippen molar-refractivity contribution in [3.63, 3.8) is 0 Å². The zero-order valence-electron chi connectivity index (χ0n) is 19.9. The van der Waals surface area contributed by atoms with E-state index >= 15 is 0 Å². The minimum absolute atomic E-state index is 0.109. The van der Waals surface area contributed by atoms with Gasteiger partial charge in [-0.2, -0.15) is 0 Å². The predicted octanol–water partition coefficient (Wildman–Crippen LogP) is 3.66. The van der Waals surface area contributed by atoms with Crippen LogP contribution in [0.2, 0.25) is 0 Å². The number of H-pyrrole nitrogens is 1. The van der Waals surface area contributed by atoms with E-state index in [0.717, 1.165) is 28.2 Å². The molecule has 4 aromatic rings. The third-order valence-electron chi connectivity index (χ3n) is 5.78. The molecule has 0 bridgehead atoms. The van der Waals surface area contributed by atoms with Gasteiger partial charge in [0.05, 0.1) is 25.4 Å². The number of hydrogen-bond donors (Lipinski definition) is 2. The Bertz CT molecular complexity index is 1380. The number of nitrogens with zero attached hydrogens (tertiary/aromatic N) is 3. The molecule has 0 radical (unpaired) electrons. The predicted molar refractivity (Wildman–Crippen MR) is 141 cm³/mol. The number of anilines is 2. The highest BCUT2D eigenvalue weighted by Gasteiger charge is 2.21. The van der Waals surface area contributed by atoms with Crippen LogP contribution in [-0.4, -0.2) is 28.3 Å². The van der Waals surface area contributed by atoms with Crippen molar-refractivity contribution >= 4 is 22.8 Å². The van der Waals surface area contributed by atoms with E-state index in [9.17, 15) is 9.59 Å². The summed E-state index contributed by atoms with van der Waals surface area (Å²) in [5.41, 5.74) is 9.70. The summed E-state index contributed by atoms with van der Waals surface area (Å²) in [6, 6.07) is 18.2. The highest BCUT2D eigenvalue weighted by atomic mass is 32.1. The molecule has 2 aromatic heterocycles. The SMILES string of the molecule is CCc1ccc(-c2nc(CN(Cc3ccccc3)c3c(N)n(CCOC)c(=O)[nH]c3=O)cs2)cc1. The van der Waals surface area contributed by atoms with Crippen LogP contribution in [0.4, 0.5) is 11.5 Å². The molecule has 2 heterocycles. The zero-order valence-corrected chi connectivity index (χ0v) is 20.7. The van der Waals surface area contributed by atoms with Gasteiger partial charge >= 0.3 is 5.69 Å². The van der Waals surface area contributed by atoms with Gasteiger partial charge in [0.25, 0.3) is 5.56 Å². The third kappa shape index (κ3) is 5.70. The van der Waals surface area contributed by atoms with Gasteiger partial charge in [-0.1, -0.05) is 61.5 Å². The Balaban J connectivity index is 1.70. The fourth-order valence-electron chi connectivity index (χ4n) is 3.90. The molecule has 0 amide bonds. The third-order valence-corrected chi connectivity index (χ3v) is 6.72. The molecular weight excluding hydrogens is 462 g/mol. The first-order valence-electron chi connectivity index (χ1n) is 11.4. The molecule has 0 fully saturated rings. The van der Waals surface area contributed by atoms with Crippen molar-refractivity contribution in [1.82, 2.24) is 14.5 Å². The van der Waals surface area contributed by atoms with Gasteiger partial charge in [0, 0.05) is 24.6 Å². The smallest absolute Gasteiger partial charge is 0.330 e. The van der Waals surface area contributed by atoms with Gasteiger partial charge in [-0.05, 0) is 17.5 Å². The Labute approximate surface area is 207 Å². The summed E-state index contributed by atoms with van der Waals surface area (Å²) in [5.74, 6) is 0.109. The van der Waals surface area contributed by atoms with Gasteiger partial charge in [0.15, 0.2) is 0 Å². The summed E-state index contributed by atoms with van der Waals surface area (Å²) in [5, 5.41) is 2.90. The lowest BCUT2D eigenvalue weighted by Crippen LogP contribution is -2.38. The number of nitrogen functional groups attached to an aromatic ring is 1. The number of aromatic amines is 1. The summed E-state index contributed by atoms with van der Waals surface area (Å²) in [6.45, 7) is 3.44. The molecule has 0 unspecified atom stereocenters. The monoisotopic (exact) mass is 491 g/mol. The van der Waals surface area contributed by atoms with Gasteiger partial charge < -0.3 is 15.4 Å². The minimum atomic E-state index is -0.556. The van der Waals surface area contributed by atoms with E-state index < -0.39 is 11.2 Å². The number of aryl methyl sites for hydroxylation is 1. The van der Waals surface area contributed by atoms with Crippen molar-refractivity contribution < 1.29 is 4.74 Å². The van der Waals surface area contributed by atoms with Crippen molar-refractivity contribution in [2.45, 2.75) is 33.0 Å². The molecule has 0 atom stereocenters. The van der Waals surface area contributed by atoms with Crippen molar-refractivity contribution in [2.75, 3.05) is 24.4 Å². The largest absolute Gasteiger partial charge is 0.383 e. The first-order chi connectivity index (χ1) is 17.0. The van der Waals surface area contributed by atoms with E-state index in [2.05, 4.69) is 36.2 Å². The Kier molecular flexibility index (Phi) is 7.79. The molecule has 0 aliphatic heterocycles. The molecule has 0 saturated heterocycles. The topological polar surface area (TPSA) is 106 Å². The molecule has 9 heteroatoms. The molecule has 4 rings (SSSR count).